The first kappa shape index (κ1) is 15.0. The average Bonchev–Trinajstić information content (AvgIpc) is 3.00. The first-order valence-electron chi connectivity index (χ1n) is 8.39. The highest BCUT2D eigenvalue weighted by Crippen LogP contribution is 2.36. The third kappa shape index (κ3) is 2.41. The smallest absolute Gasteiger partial charge is 0.159 e. The van der Waals surface area contributed by atoms with E-state index in [0.29, 0.717) is 0 Å². The van der Waals surface area contributed by atoms with Gasteiger partial charge in [0, 0.05) is 23.5 Å². The highest BCUT2D eigenvalue weighted by Gasteiger charge is 2.14. The Bertz CT molecular complexity index is 1000. The molecule has 0 atom stereocenters. The lowest BCUT2D eigenvalue weighted by Gasteiger charge is -2.20. The molecule has 4 aromatic rings. The topological polar surface area (TPSA) is 16.4 Å². The predicted octanol–water partition coefficient (Wildman–Crippen LogP) is 5.05. The van der Waals surface area contributed by atoms with Crippen molar-refractivity contribution in [1.29, 1.82) is 0 Å². The molecule has 3 aromatic carbocycles. The van der Waals surface area contributed by atoms with Crippen LogP contribution in [0.5, 0.6) is 0 Å². The number of benzene rings is 3. The van der Waals surface area contributed by atoms with Gasteiger partial charge in [-0.1, -0.05) is 60.7 Å². The van der Waals surface area contributed by atoms with E-state index in [1.807, 2.05) is 12.1 Å². The van der Waals surface area contributed by atoms with E-state index in [-0.39, 0.29) is 0 Å². The fourth-order valence-corrected chi connectivity index (χ4v) is 4.18. The first-order chi connectivity index (χ1) is 11.6. The quantitative estimate of drug-likeness (QED) is 0.489. The van der Waals surface area contributed by atoms with Gasteiger partial charge in [-0.25, -0.2) is 0 Å². The highest BCUT2D eigenvalue weighted by molar-refractivity contribution is 6.70. The zero-order valence-corrected chi connectivity index (χ0v) is 15.4. The van der Waals surface area contributed by atoms with Gasteiger partial charge in [0.1, 0.15) is 5.58 Å². The lowest BCUT2D eigenvalue weighted by atomic mass is 10.1. The summed E-state index contributed by atoms with van der Waals surface area (Å²) in [7, 11) is 1.35. The molecular weight excluding hydrogens is 310 g/mol. The predicted molar refractivity (Wildman–Crippen MR) is 107 cm³/mol. The number of fused-ring (bicyclic) bond motifs is 3. The van der Waals surface area contributed by atoms with Gasteiger partial charge in [-0.15, -0.1) is 0 Å². The Hall–Kier alpha value is -2.52. The highest BCUT2D eigenvalue weighted by atomic mass is 28.3. The SMILES string of the molecule is CN(c1ccc([SiH](C)C)cc1)c1cccc2c1oc1ccccc12. The van der Waals surface area contributed by atoms with Crippen LogP contribution in [0.2, 0.25) is 13.1 Å². The van der Waals surface area contributed by atoms with Gasteiger partial charge in [0.2, 0.25) is 0 Å². The van der Waals surface area contributed by atoms with Crippen LogP contribution in [0.1, 0.15) is 0 Å². The van der Waals surface area contributed by atoms with Crippen LogP contribution < -0.4 is 10.1 Å². The van der Waals surface area contributed by atoms with Crippen molar-refractivity contribution in [3.8, 4) is 0 Å². The summed E-state index contributed by atoms with van der Waals surface area (Å²) in [5.41, 5.74) is 4.16. The molecule has 0 spiro atoms. The number of para-hydroxylation sites is 2. The molecule has 0 unspecified atom stereocenters. The van der Waals surface area contributed by atoms with Crippen molar-refractivity contribution in [1.82, 2.24) is 0 Å². The minimum absolute atomic E-state index is 0.752. The molecule has 0 radical (unpaired) electrons. The number of anilines is 2. The molecule has 0 saturated carbocycles. The molecule has 120 valence electrons. The molecule has 0 fully saturated rings. The van der Waals surface area contributed by atoms with E-state index in [0.717, 1.165) is 16.9 Å². The summed E-state index contributed by atoms with van der Waals surface area (Å²) in [6.45, 7) is 4.71. The van der Waals surface area contributed by atoms with Crippen LogP contribution in [0.25, 0.3) is 21.9 Å². The van der Waals surface area contributed by atoms with Crippen molar-refractivity contribution in [3.05, 3.63) is 66.7 Å². The standard InChI is InChI=1S/C21H21NOSi/c1-22(15-11-13-16(14-12-15)24(2)3)19-9-6-8-18-17-7-4-5-10-20(17)23-21(18)19/h4-14,24H,1-3H3. The van der Waals surface area contributed by atoms with E-state index in [4.69, 9.17) is 4.42 Å². The number of hydrogen-bond acceptors (Lipinski definition) is 2. The third-order valence-electron chi connectivity index (χ3n) is 4.69. The van der Waals surface area contributed by atoms with Crippen LogP contribution in [0, 0.1) is 0 Å². The Balaban J connectivity index is 1.83. The van der Waals surface area contributed by atoms with Gasteiger partial charge in [-0.3, -0.25) is 0 Å². The van der Waals surface area contributed by atoms with Crippen LogP contribution in [-0.4, -0.2) is 15.8 Å². The zero-order chi connectivity index (χ0) is 16.7. The third-order valence-corrected chi connectivity index (χ3v) is 6.41. The minimum atomic E-state index is -0.752. The number of furan rings is 1. The molecule has 1 aromatic heterocycles. The Morgan fingerprint density at radius 2 is 1.50 bits per heavy atom. The summed E-state index contributed by atoms with van der Waals surface area (Å²) in [6, 6.07) is 23.5. The van der Waals surface area contributed by atoms with E-state index in [2.05, 4.69) is 79.6 Å². The van der Waals surface area contributed by atoms with Crippen LogP contribution in [0.3, 0.4) is 0 Å². The van der Waals surface area contributed by atoms with E-state index < -0.39 is 8.80 Å². The maximum absolute atomic E-state index is 6.15. The lowest BCUT2D eigenvalue weighted by molar-refractivity contribution is 0.668. The van der Waals surface area contributed by atoms with E-state index in [1.54, 1.807) is 0 Å². The second-order valence-electron chi connectivity index (χ2n) is 6.56. The van der Waals surface area contributed by atoms with Crippen molar-refractivity contribution >= 4 is 47.3 Å². The average molecular weight is 331 g/mol. The molecule has 24 heavy (non-hydrogen) atoms. The molecule has 0 aliphatic heterocycles. The van der Waals surface area contributed by atoms with Gasteiger partial charge in [0.05, 0.1) is 14.5 Å². The zero-order valence-electron chi connectivity index (χ0n) is 14.3. The fraction of sp³-hybridized carbons (Fsp3) is 0.143. The summed E-state index contributed by atoms with van der Waals surface area (Å²) in [5.74, 6) is 0. The number of rotatable bonds is 3. The molecule has 0 bridgehead atoms. The van der Waals surface area contributed by atoms with Crippen LogP contribution in [0.4, 0.5) is 11.4 Å². The molecule has 1 heterocycles. The first-order valence-corrected chi connectivity index (χ1v) is 11.3. The Kier molecular flexibility index (Phi) is 3.66. The molecule has 0 aliphatic rings. The van der Waals surface area contributed by atoms with Gasteiger partial charge in [0.15, 0.2) is 5.58 Å². The molecule has 0 N–H and O–H groups in total. The van der Waals surface area contributed by atoms with Crippen molar-refractivity contribution in [2.24, 2.45) is 0 Å². The maximum Gasteiger partial charge on any atom is 0.159 e. The molecule has 3 heteroatoms. The van der Waals surface area contributed by atoms with Crippen molar-refractivity contribution in [2.75, 3.05) is 11.9 Å². The Morgan fingerprint density at radius 1 is 0.792 bits per heavy atom. The normalized spacial score (nSPS) is 11.5. The largest absolute Gasteiger partial charge is 0.454 e. The molecule has 2 nitrogen and oxygen atoms in total. The molecule has 0 amide bonds. The maximum atomic E-state index is 6.15. The Morgan fingerprint density at radius 3 is 2.25 bits per heavy atom. The van der Waals surface area contributed by atoms with Crippen LogP contribution in [0.15, 0.2) is 71.1 Å². The summed E-state index contributed by atoms with van der Waals surface area (Å²) in [5, 5.41) is 3.83. The molecular formula is C21H21NOSi. The van der Waals surface area contributed by atoms with Crippen LogP contribution in [-0.2, 0) is 0 Å². The van der Waals surface area contributed by atoms with Crippen molar-refractivity contribution in [3.63, 3.8) is 0 Å². The summed E-state index contributed by atoms with van der Waals surface area (Å²) >= 11 is 0. The molecule has 0 aliphatic carbocycles. The second kappa shape index (κ2) is 5.84. The number of nitrogens with zero attached hydrogens (tertiary/aromatic N) is 1. The van der Waals surface area contributed by atoms with Gasteiger partial charge in [0.25, 0.3) is 0 Å². The van der Waals surface area contributed by atoms with Crippen molar-refractivity contribution in [2.45, 2.75) is 13.1 Å². The second-order valence-corrected chi connectivity index (χ2v) is 9.53. The molecule has 4 rings (SSSR count). The summed E-state index contributed by atoms with van der Waals surface area (Å²) in [4.78, 5) is 2.20. The molecule has 0 saturated heterocycles. The number of hydrogen-bond donors (Lipinski definition) is 0. The summed E-state index contributed by atoms with van der Waals surface area (Å²) < 4.78 is 6.15. The van der Waals surface area contributed by atoms with E-state index in [1.165, 1.54) is 21.6 Å². The van der Waals surface area contributed by atoms with E-state index >= 15 is 0 Å². The van der Waals surface area contributed by atoms with Gasteiger partial charge >= 0.3 is 0 Å². The van der Waals surface area contributed by atoms with Gasteiger partial charge in [-0.2, -0.15) is 0 Å². The summed E-state index contributed by atoms with van der Waals surface area (Å²) in [6.07, 6.45) is 0. The van der Waals surface area contributed by atoms with Crippen molar-refractivity contribution < 1.29 is 4.42 Å². The Labute approximate surface area is 143 Å². The van der Waals surface area contributed by atoms with Gasteiger partial charge in [-0.05, 0) is 24.3 Å². The lowest BCUT2D eigenvalue weighted by Crippen LogP contribution is -2.22. The van der Waals surface area contributed by atoms with Gasteiger partial charge < -0.3 is 9.32 Å². The minimum Gasteiger partial charge on any atom is -0.454 e. The monoisotopic (exact) mass is 331 g/mol. The fourth-order valence-electron chi connectivity index (χ4n) is 3.22. The van der Waals surface area contributed by atoms with E-state index in [9.17, 15) is 0 Å². The van der Waals surface area contributed by atoms with Crippen LogP contribution >= 0.6 is 0 Å².